The fourth-order valence-corrected chi connectivity index (χ4v) is 2.96. The second-order valence-corrected chi connectivity index (χ2v) is 5.72. The molecule has 0 spiro atoms. The summed E-state index contributed by atoms with van der Waals surface area (Å²) in [7, 11) is 0. The molecule has 2 rings (SSSR count). The van der Waals surface area contributed by atoms with Gasteiger partial charge in [-0.2, -0.15) is 0 Å². The summed E-state index contributed by atoms with van der Waals surface area (Å²) in [5.41, 5.74) is 6.19. The van der Waals surface area contributed by atoms with Gasteiger partial charge in [-0.1, -0.05) is 13.8 Å². The number of nitrogens with zero attached hydrogens (tertiary/aromatic N) is 1. The zero-order valence-corrected chi connectivity index (χ0v) is 11.1. The van der Waals surface area contributed by atoms with Gasteiger partial charge in [0, 0.05) is 19.6 Å². The van der Waals surface area contributed by atoms with Crippen molar-refractivity contribution >= 4 is 0 Å². The van der Waals surface area contributed by atoms with Crippen molar-refractivity contribution in [3.8, 4) is 0 Å². The Morgan fingerprint density at radius 1 is 1.35 bits per heavy atom. The molecule has 0 amide bonds. The predicted molar refractivity (Wildman–Crippen MR) is 69.8 cm³/mol. The van der Waals surface area contributed by atoms with Gasteiger partial charge in [0.05, 0.1) is 6.04 Å². The predicted octanol–water partition coefficient (Wildman–Crippen LogP) is 2.57. The minimum absolute atomic E-state index is 0.00111. The molecule has 0 saturated carbocycles. The van der Waals surface area contributed by atoms with Crippen LogP contribution in [0.5, 0.6) is 0 Å². The zero-order valence-electron chi connectivity index (χ0n) is 11.1. The number of aryl methyl sites for hydroxylation is 1. The Morgan fingerprint density at radius 2 is 2.00 bits per heavy atom. The molecule has 2 N–H and O–H groups in total. The highest BCUT2D eigenvalue weighted by atomic mass is 16.3. The van der Waals surface area contributed by atoms with Crippen LogP contribution in [0.15, 0.2) is 16.5 Å². The maximum Gasteiger partial charge on any atom is 0.122 e. The van der Waals surface area contributed by atoms with Gasteiger partial charge in [-0.15, -0.1) is 0 Å². The Balaban J connectivity index is 1.92. The topological polar surface area (TPSA) is 42.4 Å². The van der Waals surface area contributed by atoms with Crippen LogP contribution in [0, 0.1) is 18.8 Å². The van der Waals surface area contributed by atoms with Crippen LogP contribution in [0.4, 0.5) is 0 Å². The lowest BCUT2D eigenvalue weighted by Crippen LogP contribution is -2.42. The Hall–Kier alpha value is -0.800. The number of hydrogen-bond donors (Lipinski definition) is 1. The highest BCUT2D eigenvalue weighted by molar-refractivity contribution is 5.09. The molecule has 3 nitrogen and oxygen atoms in total. The SMILES string of the molecule is Cc1ccc(C(N)CN2CC(C)CC(C)C2)o1. The number of nitrogens with two attached hydrogens (primary N) is 1. The third-order valence-corrected chi connectivity index (χ3v) is 3.53. The molecule has 3 heteroatoms. The molecule has 3 atom stereocenters. The van der Waals surface area contributed by atoms with E-state index in [4.69, 9.17) is 10.2 Å². The molecule has 3 unspecified atom stereocenters. The number of likely N-dealkylation sites (tertiary alicyclic amines) is 1. The summed E-state index contributed by atoms with van der Waals surface area (Å²) in [4.78, 5) is 2.47. The van der Waals surface area contributed by atoms with Crippen molar-refractivity contribution < 1.29 is 4.42 Å². The average molecular weight is 236 g/mol. The summed E-state index contributed by atoms with van der Waals surface area (Å²) in [6.45, 7) is 9.84. The van der Waals surface area contributed by atoms with Crippen LogP contribution in [-0.2, 0) is 0 Å². The van der Waals surface area contributed by atoms with Gasteiger partial charge < -0.3 is 15.1 Å². The molecular formula is C14H24N2O. The minimum atomic E-state index is 0.00111. The van der Waals surface area contributed by atoms with E-state index >= 15 is 0 Å². The molecule has 0 aliphatic carbocycles. The monoisotopic (exact) mass is 236 g/mol. The molecule has 0 bridgehead atoms. The van der Waals surface area contributed by atoms with Crippen molar-refractivity contribution in [1.82, 2.24) is 4.90 Å². The first kappa shape index (κ1) is 12.7. The normalized spacial score (nSPS) is 28.2. The standard InChI is InChI=1S/C14H24N2O/c1-10-6-11(2)8-16(7-10)9-13(15)14-5-4-12(3)17-14/h4-5,10-11,13H,6-9,15H2,1-3H3. The van der Waals surface area contributed by atoms with Gasteiger partial charge in [-0.05, 0) is 37.3 Å². The van der Waals surface area contributed by atoms with E-state index in [2.05, 4.69) is 18.7 Å². The van der Waals surface area contributed by atoms with E-state index in [1.54, 1.807) is 0 Å². The first-order valence-electron chi connectivity index (χ1n) is 6.59. The third-order valence-electron chi connectivity index (χ3n) is 3.53. The number of hydrogen-bond acceptors (Lipinski definition) is 3. The van der Waals surface area contributed by atoms with Gasteiger partial charge in [0.1, 0.15) is 11.5 Å². The van der Waals surface area contributed by atoms with Crippen LogP contribution in [0.3, 0.4) is 0 Å². The van der Waals surface area contributed by atoms with Gasteiger partial charge in [0.2, 0.25) is 0 Å². The molecule has 17 heavy (non-hydrogen) atoms. The molecule has 96 valence electrons. The molecule has 1 aromatic rings. The van der Waals surface area contributed by atoms with Crippen molar-refractivity contribution in [2.75, 3.05) is 19.6 Å². The highest BCUT2D eigenvalue weighted by Gasteiger charge is 2.24. The highest BCUT2D eigenvalue weighted by Crippen LogP contribution is 2.23. The molecule has 1 fully saturated rings. The molecule has 1 saturated heterocycles. The fraction of sp³-hybridized carbons (Fsp3) is 0.714. The molecule has 2 heterocycles. The Bertz CT molecular complexity index is 351. The zero-order chi connectivity index (χ0) is 12.4. The fourth-order valence-electron chi connectivity index (χ4n) is 2.96. The second-order valence-electron chi connectivity index (χ2n) is 5.72. The van der Waals surface area contributed by atoms with Gasteiger partial charge in [-0.3, -0.25) is 0 Å². The van der Waals surface area contributed by atoms with Crippen LogP contribution < -0.4 is 5.73 Å². The van der Waals surface area contributed by atoms with Crippen LogP contribution in [0.2, 0.25) is 0 Å². The summed E-state index contributed by atoms with van der Waals surface area (Å²) in [5.74, 6) is 3.41. The van der Waals surface area contributed by atoms with Crippen LogP contribution >= 0.6 is 0 Å². The third kappa shape index (κ3) is 3.33. The smallest absolute Gasteiger partial charge is 0.122 e. The molecule has 0 aromatic carbocycles. The number of furan rings is 1. The summed E-state index contributed by atoms with van der Waals surface area (Å²) in [6.07, 6.45) is 1.34. The minimum Gasteiger partial charge on any atom is -0.465 e. The van der Waals surface area contributed by atoms with Gasteiger partial charge in [0.25, 0.3) is 0 Å². The molecule has 1 aliphatic heterocycles. The van der Waals surface area contributed by atoms with E-state index in [-0.39, 0.29) is 6.04 Å². The van der Waals surface area contributed by atoms with E-state index < -0.39 is 0 Å². The largest absolute Gasteiger partial charge is 0.465 e. The van der Waals surface area contributed by atoms with Crippen molar-refractivity contribution in [1.29, 1.82) is 0 Å². The van der Waals surface area contributed by atoms with Gasteiger partial charge >= 0.3 is 0 Å². The molecular weight excluding hydrogens is 212 g/mol. The average Bonchev–Trinajstić information content (AvgIpc) is 2.63. The Labute approximate surface area is 104 Å². The van der Waals surface area contributed by atoms with E-state index in [0.717, 1.165) is 43.0 Å². The number of rotatable bonds is 3. The lowest BCUT2D eigenvalue weighted by atomic mass is 9.91. The van der Waals surface area contributed by atoms with Crippen LogP contribution in [0.1, 0.15) is 37.8 Å². The Morgan fingerprint density at radius 3 is 2.53 bits per heavy atom. The van der Waals surface area contributed by atoms with Crippen LogP contribution in [0.25, 0.3) is 0 Å². The van der Waals surface area contributed by atoms with E-state index in [1.165, 1.54) is 6.42 Å². The molecule has 1 aliphatic rings. The van der Waals surface area contributed by atoms with Crippen molar-refractivity contribution in [2.45, 2.75) is 33.2 Å². The quantitative estimate of drug-likeness (QED) is 0.877. The van der Waals surface area contributed by atoms with E-state index in [1.807, 2.05) is 19.1 Å². The lowest BCUT2D eigenvalue weighted by molar-refractivity contribution is 0.131. The maximum atomic E-state index is 6.19. The summed E-state index contributed by atoms with van der Waals surface area (Å²) < 4.78 is 5.59. The van der Waals surface area contributed by atoms with Crippen molar-refractivity contribution in [2.24, 2.45) is 17.6 Å². The first-order valence-corrected chi connectivity index (χ1v) is 6.59. The molecule has 0 radical (unpaired) electrons. The Kier molecular flexibility index (Phi) is 3.89. The van der Waals surface area contributed by atoms with E-state index in [9.17, 15) is 0 Å². The van der Waals surface area contributed by atoms with Gasteiger partial charge in [0.15, 0.2) is 0 Å². The van der Waals surface area contributed by atoms with Crippen LogP contribution in [-0.4, -0.2) is 24.5 Å². The van der Waals surface area contributed by atoms with Gasteiger partial charge in [-0.25, -0.2) is 0 Å². The summed E-state index contributed by atoms with van der Waals surface area (Å²) in [5, 5.41) is 0. The summed E-state index contributed by atoms with van der Waals surface area (Å²) in [6, 6.07) is 3.98. The molecule has 1 aromatic heterocycles. The van der Waals surface area contributed by atoms with Crippen molar-refractivity contribution in [3.05, 3.63) is 23.7 Å². The summed E-state index contributed by atoms with van der Waals surface area (Å²) >= 11 is 0. The maximum absolute atomic E-state index is 6.19. The second kappa shape index (κ2) is 5.23. The lowest BCUT2D eigenvalue weighted by Gasteiger charge is -2.35. The number of piperidine rings is 1. The van der Waals surface area contributed by atoms with E-state index in [0.29, 0.717) is 0 Å². The van der Waals surface area contributed by atoms with Crippen molar-refractivity contribution in [3.63, 3.8) is 0 Å². The first-order chi connectivity index (χ1) is 8.04.